The van der Waals surface area contributed by atoms with E-state index in [-0.39, 0.29) is 12.1 Å². The van der Waals surface area contributed by atoms with E-state index in [2.05, 4.69) is 12.1 Å². The summed E-state index contributed by atoms with van der Waals surface area (Å²) in [5, 5.41) is 0. The lowest BCUT2D eigenvalue weighted by atomic mass is 9.92. The molecule has 1 aromatic carbocycles. The van der Waals surface area contributed by atoms with Crippen LogP contribution in [-0.4, -0.2) is 16.9 Å². The third kappa shape index (κ3) is 2.00. The van der Waals surface area contributed by atoms with Crippen LogP contribution in [0.2, 0.25) is 0 Å². The Morgan fingerprint density at radius 1 is 1.40 bits per heavy atom. The minimum atomic E-state index is -0.811. The molecule has 1 aliphatic heterocycles. The monoisotopic (exact) mass is 224 g/mol. The Bertz CT molecular complexity index is 359. The van der Waals surface area contributed by atoms with E-state index in [4.69, 9.17) is 16.3 Å². The fraction of sp³-hybridized carbons (Fsp3) is 0.417. The average molecular weight is 225 g/mol. The van der Waals surface area contributed by atoms with Crippen molar-refractivity contribution in [3.63, 3.8) is 0 Å². The van der Waals surface area contributed by atoms with Crippen LogP contribution in [0, 0.1) is 0 Å². The first-order valence-electron chi connectivity index (χ1n) is 5.04. The highest BCUT2D eigenvalue weighted by atomic mass is 35.5. The first-order chi connectivity index (χ1) is 7.10. The molecule has 0 amide bonds. The molecule has 15 heavy (non-hydrogen) atoms. The molecular weight excluding hydrogens is 212 g/mol. The molecule has 0 aromatic heterocycles. The van der Waals surface area contributed by atoms with Gasteiger partial charge in [0.25, 0.3) is 0 Å². The topological polar surface area (TPSA) is 26.3 Å². The van der Waals surface area contributed by atoms with E-state index in [1.165, 1.54) is 5.56 Å². The maximum atomic E-state index is 11.0. The van der Waals surface area contributed by atoms with Crippen LogP contribution in [0.4, 0.5) is 0 Å². The molecule has 0 bridgehead atoms. The Balaban J connectivity index is 1.88. The van der Waals surface area contributed by atoms with Crippen LogP contribution in [0.15, 0.2) is 30.3 Å². The van der Waals surface area contributed by atoms with Gasteiger partial charge in [0.15, 0.2) is 4.87 Å². The summed E-state index contributed by atoms with van der Waals surface area (Å²) in [7, 11) is 0. The van der Waals surface area contributed by atoms with Gasteiger partial charge in [0.05, 0.1) is 0 Å². The standard InChI is InChI=1S/C12H13ClO2/c1-12(13)10(15-11(12)14)8-7-9-5-3-2-4-6-9/h2-6,10H,7-8H2,1H3/t10-,12-/m1/s1. The van der Waals surface area contributed by atoms with Crippen LogP contribution in [-0.2, 0) is 16.0 Å². The first kappa shape index (κ1) is 10.5. The molecule has 1 fully saturated rings. The van der Waals surface area contributed by atoms with Crippen LogP contribution in [0.1, 0.15) is 18.9 Å². The smallest absolute Gasteiger partial charge is 0.331 e. The molecular formula is C12H13ClO2. The Kier molecular flexibility index (Phi) is 2.70. The second-order valence-corrected chi connectivity index (χ2v) is 4.78. The Hall–Kier alpha value is -1.02. The zero-order valence-corrected chi connectivity index (χ0v) is 9.33. The molecule has 1 aliphatic rings. The molecule has 2 atom stereocenters. The van der Waals surface area contributed by atoms with Crippen LogP contribution >= 0.6 is 11.6 Å². The number of hydrogen-bond acceptors (Lipinski definition) is 2. The van der Waals surface area contributed by atoms with Gasteiger partial charge in [-0.3, -0.25) is 0 Å². The number of carbonyl (C=O) groups is 1. The second kappa shape index (κ2) is 3.86. The van der Waals surface area contributed by atoms with Gasteiger partial charge in [-0.1, -0.05) is 30.3 Å². The maximum absolute atomic E-state index is 11.0. The fourth-order valence-corrected chi connectivity index (χ4v) is 1.90. The number of esters is 1. The minimum absolute atomic E-state index is 0.146. The third-order valence-corrected chi connectivity index (χ3v) is 3.19. The van der Waals surface area contributed by atoms with Crippen LogP contribution in [0.5, 0.6) is 0 Å². The lowest BCUT2D eigenvalue weighted by Crippen LogP contribution is -2.56. The summed E-state index contributed by atoms with van der Waals surface area (Å²) < 4.78 is 5.01. The van der Waals surface area contributed by atoms with E-state index >= 15 is 0 Å². The summed E-state index contributed by atoms with van der Waals surface area (Å²) in [6.07, 6.45) is 1.53. The van der Waals surface area contributed by atoms with E-state index < -0.39 is 4.87 Å². The SMILES string of the molecule is C[C@]1(Cl)C(=O)O[C@@H]1CCc1ccccc1. The van der Waals surface area contributed by atoms with E-state index in [1.807, 2.05) is 18.2 Å². The van der Waals surface area contributed by atoms with Crippen molar-refractivity contribution in [1.29, 1.82) is 0 Å². The van der Waals surface area contributed by atoms with Gasteiger partial charge in [0.1, 0.15) is 6.10 Å². The van der Waals surface area contributed by atoms with Crippen LogP contribution < -0.4 is 0 Å². The summed E-state index contributed by atoms with van der Waals surface area (Å²) in [6.45, 7) is 1.72. The van der Waals surface area contributed by atoms with Crippen molar-refractivity contribution >= 4 is 17.6 Å². The normalized spacial score (nSPS) is 29.5. The van der Waals surface area contributed by atoms with Crippen molar-refractivity contribution in [1.82, 2.24) is 0 Å². The van der Waals surface area contributed by atoms with Crippen LogP contribution in [0.25, 0.3) is 0 Å². The Morgan fingerprint density at radius 3 is 2.60 bits per heavy atom. The number of aryl methyl sites for hydroxylation is 1. The lowest BCUT2D eigenvalue weighted by molar-refractivity contribution is -0.178. The summed E-state index contributed by atoms with van der Waals surface area (Å²) in [5.41, 5.74) is 1.24. The van der Waals surface area contributed by atoms with Gasteiger partial charge < -0.3 is 4.74 Å². The van der Waals surface area contributed by atoms with Gasteiger partial charge in [-0.2, -0.15) is 0 Å². The van der Waals surface area contributed by atoms with E-state index in [9.17, 15) is 4.79 Å². The van der Waals surface area contributed by atoms with Gasteiger partial charge in [-0.05, 0) is 25.3 Å². The lowest BCUT2D eigenvalue weighted by Gasteiger charge is -2.39. The van der Waals surface area contributed by atoms with Crippen molar-refractivity contribution in [2.45, 2.75) is 30.7 Å². The highest BCUT2D eigenvalue weighted by molar-refractivity contribution is 6.36. The molecule has 0 saturated carbocycles. The van der Waals surface area contributed by atoms with E-state index in [1.54, 1.807) is 6.92 Å². The Labute approximate surface area is 94.2 Å². The molecule has 0 unspecified atom stereocenters. The van der Waals surface area contributed by atoms with Gasteiger partial charge >= 0.3 is 5.97 Å². The minimum Gasteiger partial charge on any atom is -0.458 e. The molecule has 80 valence electrons. The Morgan fingerprint density at radius 2 is 2.07 bits per heavy atom. The molecule has 1 aromatic rings. The molecule has 0 spiro atoms. The number of cyclic esters (lactones) is 1. The first-order valence-corrected chi connectivity index (χ1v) is 5.42. The molecule has 0 aliphatic carbocycles. The number of rotatable bonds is 3. The van der Waals surface area contributed by atoms with Crippen molar-refractivity contribution in [2.24, 2.45) is 0 Å². The average Bonchev–Trinajstić information content (AvgIpc) is 2.25. The molecule has 0 N–H and O–H groups in total. The van der Waals surface area contributed by atoms with Gasteiger partial charge in [0, 0.05) is 0 Å². The van der Waals surface area contributed by atoms with Crippen molar-refractivity contribution in [3.8, 4) is 0 Å². The number of hydrogen-bond donors (Lipinski definition) is 0. The molecule has 2 rings (SSSR count). The largest absolute Gasteiger partial charge is 0.458 e. The summed E-state index contributed by atoms with van der Waals surface area (Å²) in [6, 6.07) is 10.1. The van der Waals surface area contributed by atoms with Crippen LogP contribution in [0.3, 0.4) is 0 Å². The zero-order chi connectivity index (χ0) is 10.9. The van der Waals surface area contributed by atoms with E-state index in [0.717, 1.165) is 12.8 Å². The summed E-state index contributed by atoms with van der Waals surface area (Å²) in [5.74, 6) is -0.303. The van der Waals surface area contributed by atoms with Gasteiger partial charge in [-0.15, -0.1) is 11.6 Å². The van der Waals surface area contributed by atoms with Gasteiger partial charge in [0.2, 0.25) is 0 Å². The summed E-state index contributed by atoms with van der Waals surface area (Å²) in [4.78, 5) is 10.2. The predicted octanol–water partition coefficient (Wildman–Crippen LogP) is 2.54. The van der Waals surface area contributed by atoms with E-state index in [0.29, 0.717) is 0 Å². The predicted molar refractivity (Wildman–Crippen MR) is 58.9 cm³/mol. The van der Waals surface area contributed by atoms with Crippen molar-refractivity contribution in [2.75, 3.05) is 0 Å². The number of carbonyl (C=O) groups excluding carboxylic acids is 1. The molecule has 3 heteroatoms. The molecule has 1 heterocycles. The quantitative estimate of drug-likeness (QED) is 0.583. The molecule has 2 nitrogen and oxygen atoms in total. The maximum Gasteiger partial charge on any atom is 0.331 e. The number of benzene rings is 1. The highest BCUT2D eigenvalue weighted by Gasteiger charge is 2.52. The number of alkyl halides is 1. The molecule has 0 radical (unpaired) electrons. The zero-order valence-electron chi connectivity index (χ0n) is 8.57. The second-order valence-electron chi connectivity index (χ2n) is 3.99. The highest BCUT2D eigenvalue weighted by Crippen LogP contribution is 2.36. The summed E-state index contributed by atoms with van der Waals surface area (Å²) >= 11 is 6.01. The fourth-order valence-electron chi connectivity index (χ4n) is 1.70. The van der Waals surface area contributed by atoms with Crippen molar-refractivity contribution in [3.05, 3.63) is 35.9 Å². The van der Waals surface area contributed by atoms with Gasteiger partial charge in [-0.25, -0.2) is 4.79 Å². The van der Waals surface area contributed by atoms with Crippen molar-refractivity contribution < 1.29 is 9.53 Å². The third-order valence-electron chi connectivity index (χ3n) is 2.79. The number of ether oxygens (including phenoxy) is 1. The molecule has 1 saturated heterocycles. The number of halogens is 1.